The number of amides is 2. The topological polar surface area (TPSA) is 86.7 Å². The molecule has 3 aromatic rings. The van der Waals surface area contributed by atoms with Crippen molar-refractivity contribution in [2.75, 3.05) is 23.3 Å². The minimum atomic E-state index is -4.63. The first-order valence-corrected chi connectivity index (χ1v) is 12.8. The maximum absolute atomic E-state index is 13.1. The Morgan fingerprint density at radius 3 is 2.50 bits per heavy atom. The number of rotatable bonds is 6. The predicted molar refractivity (Wildman–Crippen MR) is 144 cm³/mol. The number of halogens is 5. The van der Waals surface area contributed by atoms with E-state index in [0.29, 0.717) is 4.60 Å². The van der Waals surface area contributed by atoms with Crippen LogP contribution >= 0.6 is 27.5 Å². The fourth-order valence-corrected chi connectivity index (χ4v) is 4.53. The summed E-state index contributed by atoms with van der Waals surface area (Å²) >= 11 is 8.88. The van der Waals surface area contributed by atoms with Gasteiger partial charge in [0, 0.05) is 18.8 Å². The Morgan fingerprint density at radius 1 is 1.03 bits per heavy atom. The van der Waals surface area contributed by atoms with Crippen molar-refractivity contribution in [3.05, 3.63) is 86.6 Å². The van der Waals surface area contributed by atoms with Gasteiger partial charge in [-0.05, 0) is 83.2 Å². The van der Waals surface area contributed by atoms with Crippen LogP contribution in [-0.4, -0.2) is 36.1 Å². The molecule has 1 aromatic heterocycles. The molecule has 0 spiro atoms. The second-order valence-corrected chi connectivity index (χ2v) is 9.73. The van der Waals surface area contributed by atoms with Crippen LogP contribution in [0.15, 0.2) is 64.3 Å². The third kappa shape index (κ3) is 6.90. The van der Waals surface area contributed by atoms with Gasteiger partial charge >= 0.3 is 6.18 Å². The Labute approximate surface area is 230 Å². The van der Waals surface area contributed by atoms with Crippen molar-refractivity contribution >= 4 is 56.9 Å². The zero-order valence-electron chi connectivity index (χ0n) is 19.9. The number of piperidine rings is 1. The van der Waals surface area contributed by atoms with Gasteiger partial charge in [-0.2, -0.15) is 18.3 Å². The molecule has 1 aliphatic heterocycles. The van der Waals surface area contributed by atoms with Crippen molar-refractivity contribution in [1.82, 2.24) is 10.4 Å². The van der Waals surface area contributed by atoms with Crippen molar-refractivity contribution in [1.29, 1.82) is 0 Å². The van der Waals surface area contributed by atoms with E-state index in [4.69, 9.17) is 11.6 Å². The molecule has 0 atom stereocenters. The van der Waals surface area contributed by atoms with Crippen LogP contribution in [0.3, 0.4) is 0 Å². The molecule has 12 heteroatoms. The summed E-state index contributed by atoms with van der Waals surface area (Å²) < 4.78 is 39.9. The van der Waals surface area contributed by atoms with Crippen LogP contribution in [0.5, 0.6) is 0 Å². The fraction of sp³-hybridized carbons (Fsp3) is 0.231. The minimum Gasteiger partial charge on any atom is -0.372 e. The minimum absolute atomic E-state index is 0.0957. The van der Waals surface area contributed by atoms with Gasteiger partial charge < -0.3 is 10.2 Å². The van der Waals surface area contributed by atoms with Gasteiger partial charge in [0.1, 0.15) is 10.3 Å². The van der Waals surface area contributed by atoms with Crippen LogP contribution in [-0.2, 0) is 6.18 Å². The second-order valence-electron chi connectivity index (χ2n) is 8.51. The van der Waals surface area contributed by atoms with E-state index in [1.54, 1.807) is 24.3 Å². The lowest BCUT2D eigenvalue weighted by atomic mass is 10.1. The van der Waals surface area contributed by atoms with Crippen molar-refractivity contribution in [2.45, 2.75) is 25.4 Å². The Bertz CT molecular complexity index is 1380. The number of alkyl halides is 3. The zero-order chi connectivity index (χ0) is 27.3. The second kappa shape index (κ2) is 12.0. The van der Waals surface area contributed by atoms with Gasteiger partial charge in [-0.1, -0.05) is 23.7 Å². The molecule has 0 aliphatic carbocycles. The van der Waals surface area contributed by atoms with E-state index in [0.717, 1.165) is 56.4 Å². The average Bonchev–Trinajstić information content (AvgIpc) is 2.89. The number of hydrazone groups is 1. The largest absolute Gasteiger partial charge is 0.417 e. The van der Waals surface area contributed by atoms with E-state index >= 15 is 0 Å². The highest BCUT2D eigenvalue weighted by molar-refractivity contribution is 9.10. The highest BCUT2D eigenvalue weighted by Crippen LogP contribution is 2.35. The number of hydrogen-bond donors (Lipinski definition) is 2. The number of nitrogens with zero attached hydrogens (tertiary/aromatic N) is 3. The molecule has 0 saturated carbocycles. The summed E-state index contributed by atoms with van der Waals surface area (Å²) in [5, 5.41) is 6.10. The first-order chi connectivity index (χ1) is 18.1. The number of nitrogens with one attached hydrogen (secondary N) is 2. The lowest BCUT2D eigenvalue weighted by molar-refractivity contribution is -0.137. The molecule has 2 aromatic carbocycles. The molecule has 1 aliphatic rings. The zero-order valence-corrected chi connectivity index (χ0v) is 22.2. The fourth-order valence-electron chi connectivity index (χ4n) is 3.97. The molecular weight excluding hydrogens is 587 g/mol. The van der Waals surface area contributed by atoms with Crippen molar-refractivity contribution in [2.24, 2.45) is 5.10 Å². The summed E-state index contributed by atoms with van der Waals surface area (Å²) in [4.78, 5) is 32.2. The normalized spacial score (nSPS) is 14.0. The number of hydrogen-bond acceptors (Lipinski definition) is 5. The number of carbonyl (C=O) groups excluding carboxylic acids is 2. The third-order valence-electron chi connectivity index (χ3n) is 5.84. The molecular formula is C26H22BrClF3N5O2. The van der Waals surface area contributed by atoms with Crippen molar-refractivity contribution in [3.8, 4) is 0 Å². The van der Waals surface area contributed by atoms with Crippen LogP contribution in [0, 0.1) is 0 Å². The third-order valence-corrected chi connectivity index (χ3v) is 6.61. The van der Waals surface area contributed by atoms with Crippen LogP contribution in [0.2, 0.25) is 5.02 Å². The molecule has 38 heavy (non-hydrogen) atoms. The molecule has 198 valence electrons. The smallest absolute Gasteiger partial charge is 0.372 e. The molecule has 2 amide bonds. The van der Waals surface area contributed by atoms with E-state index in [1.165, 1.54) is 12.1 Å². The van der Waals surface area contributed by atoms with Crippen molar-refractivity contribution in [3.63, 3.8) is 0 Å². The maximum Gasteiger partial charge on any atom is 0.417 e. The number of anilines is 2. The number of pyridine rings is 1. The van der Waals surface area contributed by atoms with Gasteiger partial charge in [-0.25, -0.2) is 10.4 Å². The van der Waals surface area contributed by atoms with Gasteiger partial charge in [0.2, 0.25) is 0 Å². The Hall–Kier alpha value is -3.44. The molecule has 1 saturated heterocycles. The van der Waals surface area contributed by atoms with E-state index in [-0.39, 0.29) is 22.5 Å². The van der Waals surface area contributed by atoms with Gasteiger partial charge in [-0.15, -0.1) is 0 Å². The van der Waals surface area contributed by atoms with Crippen molar-refractivity contribution < 1.29 is 22.8 Å². The lowest BCUT2D eigenvalue weighted by Gasteiger charge is -2.29. The standard InChI is InChI=1S/C26H22BrClF3N5O2/c27-23-6-4-5-22(33-23)25(38)34-21-10-8-17(36-11-2-1-3-12-36)14-18(21)24(37)35-32-15-16-7-9-20(28)19(13-16)26(29,30)31/h4-10,13-15H,1-3,11-12H2,(H,34,38)(H,35,37)/b32-15+. The predicted octanol–water partition coefficient (Wildman–Crippen LogP) is 6.52. The Kier molecular flexibility index (Phi) is 8.68. The van der Waals surface area contributed by atoms with Gasteiger partial charge in [-0.3, -0.25) is 9.59 Å². The van der Waals surface area contributed by atoms with Gasteiger partial charge in [0.15, 0.2) is 0 Å². The molecule has 2 heterocycles. The summed E-state index contributed by atoms with van der Waals surface area (Å²) in [6, 6.07) is 13.3. The van der Waals surface area contributed by atoms with Crippen LogP contribution in [0.25, 0.3) is 0 Å². The van der Waals surface area contributed by atoms with E-state index in [1.807, 2.05) is 6.07 Å². The Morgan fingerprint density at radius 2 is 1.79 bits per heavy atom. The monoisotopic (exact) mass is 607 g/mol. The number of carbonyl (C=O) groups is 2. The van der Waals surface area contributed by atoms with Crippen LogP contribution < -0.4 is 15.6 Å². The summed E-state index contributed by atoms with van der Waals surface area (Å²) in [7, 11) is 0. The van der Waals surface area contributed by atoms with Crippen LogP contribution in [0.1, 0.15) is 51.2 Å². The number of benzene rings is 2. The molecule has 1 fully saturated rings. The highest BCUT2D eigenvalue weighted by atomic mass is 79.9. The summed E-state index contributed by atoms with van der Waals surface area (Å²) in [5.74, 6) is -1.17. The molecule has 7 nitrogen and oxygen atoms in total. The molecule has 4 rings (SSSR count). The molecule has 0 radical (unpaired) electrons. The molecule has 0 bridgehead atoms. The van der Waals surface area contributed by atoms with E-state index < -0.39 is 28.6 Å². The lowest BCUT2D eigenvalue weighted by Crippen LogP contribution is -2.30. The first kappa shape index (κ1) is 27.6. The average molecular weight is 609 g/mol. The van der Waals surface area contributed by atoms with Gasteiger partial charge in [0.05, 0.1) is 28.1 Å². The van der Waals surface area contributed by atoms with Crippen LogP contribution in [0.4, 0.5) is 24.5 Å². The SMILES string of the molecule is O=C(Nc1ccc(N2CCCCC2)cc1C(=O)N/N=C/c1ccc(Cl)c(C(F)(F)F)c1)c1cccc(Br)n1. The van der Waals surface area contributed by atoms with E-state index in [9.17, 15) is 22.8 Å². The maximum atomic E-state index is 13.1. The summed E-state index contributed by atoms with van der Waals surface area (Å²) in [5.41, 5.74) is 2.75. The highest BCUT2D eigenvalue weighted by Gasteiger charge is 2.33. The van der Waals surface area contributed by atoms with Gasteiger partial charge in [0.25, 0.3) is 11.8 Å². The Balaban J connectivity index is 1.58. The molecule has 0 unspecified atom stereocenters. The molecule has 2 N–H and O–H groups in total. The first-order valence-electron chi connectivity index (χ1n) is 11.6. The quantitative estimate of drug-likeness (QED) is 0.190. The summed E-state index contributed by atoms with van der Waals surface area (Å²) in [6.07, 6.45) is -0.357. The number of aromatic nitrogens is 1. The summed E-state index contributed by atoms with van der Waals surface area (Å²) in [6.45, 7) is 1.68. The van der Waals surface area contributed by atoms with E-state index in [2.05, 4.69) is 41.7 Å².